The van der Waals surface area contributed by atoms with Crippen LogP contribution in [0.4, 0.5) is 0 Å². The average Bonchev–Trinajstić information content (AvgIpc) is 2.32. The highest BCUT2D eigenvalue weighted by atomic mass is 35.5. The third kappa shape index (κ3) is 3.64. The van der Waals surface area contributed by atoms with Crippen molar-refractivity contribution < 1.29 is 0 Å². The molecular weight excluding hydrogens is 250 g/mol. The van der Waals surface area contributed by atoms with E-state index in [1.54, 1.807) is 0 Å². The van der Waals surface area contributed by atoms with Crippen LogP contribution >= 0.6 is 23.4 Å². The molecular formula is C14H20ClNS. The van der Waals surface area contributed by atoms with Crippen LogP contribution in [0.25, 0.3) is 0 Å². The van der Waals surface area contributed by atoms with Gasteiger partial charge in [0.05, 0.1) is 5.02 Å². The summed E-state index contributed by atoms with van der Waals surface area (Å²) in [6.45, 7) is 6.64. The molecule has 1 aromatic carbocycles. The van der Waals surface area contributed by atoms with E-state index in [2.05, 4.69) is 37.4 Å². The molecule has 1 aliphatic rings. The Morgan fingerprint density at radius 1 is 1.41 bits per heavy atom. The second-order valence-corrected chi connectivity index (χ2v) is 6.93. The second kappa shape index (κ2) is 6.12. The van der Waals surface area contributed by atoms with E-state index in [1.165, 1.54) is 23.3 Å². The Hall–Kier alpha value is -0.180. The molecule has 1 unspecified atom stereocenters. The van der Waals surface area contributed by atoms with Gasteiger partial charge in [0.15, 0.2) is 0 Å². The number of hydrogen-bond donors (Lipinski definition) is 1. The van der Waals surface area contributed by atoms with E-state index < -0.39 is 0 Å². The van der Waals surface area contributed by atoms with Crippen molar-refractivity contribution in [1.29, 1.82) is 0 Å². The van der Waals surface area contributed by atoms with Gasteiger partial charge in [0, 0.05) is 16.7 Å². The van der Waals surface area contributed by atoms with E-state index >= 15 is 0 Å². The lowest BCUT2D eigenvalue weighted by Gasteiger charge is -2.23. The van der Waals surface area contributed by atoms with Crippen LogP contribution in [0, 0.1) is 0 Å². The number of hydrogen-bond acceptors (Lipinski definition) is 2. The molecule has 0 aliphatic carbocycles. The van der Waals surface area contributed by atoms with Crippen LogP contribution < -0.4 is 5.32 Å². The third-order valence-corrected chi connectivity index (χ3v) is 4.59. The quantitative estimate of drug-likeness (QED) is 0.821. The van der Waals surface area contributed by atoms with Crippen LogP contribution in [0.5, 0.6) is 0 Å². The van der Waals surface area contributed by atoms with Crippen LogP contribution in [0.1, 0.15) is 38.2 Å². The second-order valence-electron chi connectivity index (χ2n) is 4.90. The molecule has 1 heterocycles. The molecule has 0 amide bonds. The Balaban J connectivity index is 2.12. The summed E-state index contributed by atoms with van der Waals surface area (Å²) in [4.78, 5) is 1.20. The van der Waals surface area contributed by atoms with Crippen molar-refractivity contribution in [2.45, 2.75) is 42.8 Å². The molecule has 1 fully saturated rings. The van der Waals surface area contributed by atoms with Crippen molar-refractivity contribution >= 4 is 23.4 Å². The summed E-state index contributed by atoms with van der Waals surface area (Å²) in [5.41, 5.74) is 1.38. The van der Waals surface area contributed by atoms with Gasteiger partial charge in [0.1, 0.15) is 0 Å². The summed E-state index contributed by atoms with van der Waals surface area (Å²) in [7, 11) is 0. The number of nitrogens with one attached hydrogen (secondary N) is 1. The molecule has 0 saturated carbocycles. The van der Waals surface area contributed by atoms with E-state index in [-0.39, 0.29) is 0 Å². The van der Waals surface area contributed by atoms with Crippen molar-refractivity contribution in [3.63, 3.8) is 0 Å². The molecule has 3 heteroatoms. The first kappa shape index (κ1) is 13.3. The summed E-state index contributed by atoms with van der Waals surface area (Å²) < 4.78 is 0. The molecule has 1 aliphatic heterocycles. The van der Waals surface area contributed by atoms with Gasteiger partial charge < -0.3 is 5.32 Å². The third-order valence-electron chi connectivity index (χ3n) is 3.09. The Kier molecular flexibility index (Phi) is 4.78. The van der Waals surface area contributed by atoms with Crippen molar-refractivity contribution in [2.24, 2.45) is 0 Å². The molecule has 0 bridgehead atoms. The first-order chi connectivity index (χ1) is 8.16. The lowest BCUT2D eigenvalue weighted by atomic mass is 9.92. The summed E-state index contributed by atoms with van der Waals surface area (Å²) in [6.07, 6.45) is 2.55. The maximum Gasteiger partial charge on any atom is 0.0544 e. The van der Waals surface area contributed by atoms with Crippen LogP contribution in [-0.4, -0.2) is 18.3 Å². The topological polar surface area (TPSA) is 12.0 Å². The number of benzene rings is 1. The lowest BCUT2D eigenvalue weighted by molar-refractivity contribution is 0.461. The normalized spacial score (nSPS) is 20.8. The first-order valence-corrected chi connectivity index (χ1v) is 7.59. The maximum atomic E-state index is 6.35. The number of halogens is 1. The van der Waals surface area contributed by atoms with Crippen LogP contribution in [-0.2, 0) is 0 Å². The molecule has 1 aromatic rings. The number of piperidine rings is 1. The van der Waals surface area contributed by atoms with Crippen LogP contribution in [0.15, 0.2) is 23.1 Å². The summed E-state index contributed by atoms with van der Waals surface area (Å²) in [5.74, 6) is 0.638. The van der Waals surface area contributed by atoms with Gasteiger partial charge >= 0.3 is 0 Å². The minimum atomic E-state index is 0.578. The monoisotopic (exact) mass is 269 g/mol. The maximum absolute atomic E-state index is 6.35. The first-order valence-electron chi connectivity index (χ1n) is 6.33. The Bertz CT molecular complexity index is 372. The van der Waals surface area contributed by atoms with Crippen molar-refractivity contribution in [2.75, 3.05) is 13.1 Å². The number of thioether (sulfide) groups is 1. The molecule has 0 spiro atoms. The summed E-state index contributed by atoms with van der Waals surface area (Å²) >= 11 is 8.18. The summed E-state index contributed by atoms with van der Waals surface area (Å²) in [6, 6.07) is 6.58. The molecule has 17 heavy (non-hydrogen) atoms. The fourth-order valence-electron chi connectivity index (χ4n) is 2.26. The Labute approximate surface area is 113 Å². The number of rotatable bonds is 3. The predicted octanol–water partition coefficient (Wildman–Crippen LogP) is 4.31. The van der Waals surface area contributed by atoms with Crippen LogP contribution in [0.3, 0.4) is 0 Å². The van der Waals surface area contributed by atoms with Crippen LogP contribution in [0.2, 0.25) is 5.02 Å². The van der Waals surface area contributed by atoms with E-state index in [9.17, 15) is 0 Å². The molecule has 0 radical (unpaired) electrons. The molecule has 94 valence electrons. The zero-order valence-electron chi connectivity index (χ0n) is 10.5. The highest BCUT2D eigenvalue weighted by molar-refractivity contribution is 8.00. The predicted molar refractivity (Wildman–Crippen MR) is 77.3 cm³/mol. The SMILES string of the molecule is CC(C)Sc1ccc(C2CCCNC2)cc1Cl. The standard InChI is InChI=1S/C14H20ClNS/c1-10(2)17-14-6-5-11(8-13(14)15)12-4-3-7-16-9-12/h5-6,8,10,12,16H,3-4,7,9H2,1-2H3. The largest absolute Gasteiger partial charge is 0.316 e. The van der Waals surface area contributed by atoms with Gasteiger partial charge in [-0.2, -0.15) is 0 Å². The average molecular weight is 270 g/mol. The van der Waals surface area contributed by atoms with Gasteiger partial charge in [0.2, 0.25) is 0 Å². The van der Waals surface area contributed by atoms with Crippen molar-refractivity contribution in [1.82, 2.24) is 5.32 Å². The zero-order valence-corrected chi connectivity index (χ0v) is 12.1. The van der Waals surface area contributed by atoms with Gasteiger partial charge in [-0.1, -0.05) is 31.5 Å². The molecule has 1 nitrogen and oxygen atoms in total. The minimum Gasteiger partial charge on any atom is -0.316 e. The molecule has 2 rings (SSSR count). The summed E-state index contributed by atoms with van der Waals surface area (Å²) in [5, 5.41) is 4.94. The molecule has 1 saturated heterocycles. The van der Waals surface area contributed by atoms with E-state index in [4.69, 9.17) is 11.6 Å². The zero-order chi connectivity index (χ0) is 12.3. The van der Waals surface area contributed by atoms with Crippen molar-refractivity contribution in [3.8, 4) is 0 Å². The highest BCUT2D eigenvalue weighted by Gasteiger charge is 2.16. The van der Waals surface area contributed by atoms with Gasteiger partial charge in [0.25, 0.3) is 0 Å². The molecule has 1 N–H and O–H groups in total. The fraction of sp³-hybridized carbons (Fsp3) is 0.571. The van der Waals surface area contributed by atoms with Gasteiger partial charge in [-0.15, -0.1) is 11.8 Å². The van der Waals surface area contributed by atoms with E-state index in [0.29, 0.717) is 11.2 Å². The van der Waals surface area contributed by atoms with E-state index in [1.807, 2.05) is 11.8 Å². The van der Waals surface area contributed by atoms with Crippen molar-refractivity contribution in [3.05, 3.63) is 28.8 Å². The van der Waals surface area contributed by atoms with Gasteiger partial charge in [-0.25, -0.2) is 0 Å². The Morgan fingerprint density at radius 3 is 2.82 bits per heavy atom. The Morgan fingerprint density at radius 2 is 2.24 bits per heavy atom. The minimum absolute atomic E-state index is 0.578. The van der Waals surface area contributed by atoms with E-state index in [0.717, 1.165) is 18.1 Å². The highest BCUT2D eigenvalue weighted by Crippen LogP contribution is 2.33. The molecule has 1 atom stereocenters. The molecule has 0 aromatic heterocycles. The van der Waals surface area contributed by atoms with Gasteiger partial charge in [-0.3, -0.25) is 0 Å². The lowest BCUT2D eigenvalue weighted by Crippen LogP contribution is -2.28. The van der Waals surface area contributed by atoms with Gasteiger partial charge in [-0.05, 0) is 43.0 Å². The smallest absolute Gasteiger partial charge is 0.0544 e. The fourth-order valence-corrected chi connectivity index (χ4v) is 3.41.